The third-order valence-electron chi connectivity index (χ3n) is 2.88. The number of hydrogen-bond donors (Lipinski definition) is 1. The Bertz CT molecular complexity index is 846. The predicted molar refractivity (Wildman–Crippen MR) is 84.9 cm³/mol. The maximum absolute atomic E-state index is 13.5. The molecule has 0 saturated heterocycles. The molecule has 0 fully saturated rings. The first-order valence-corrected chi connectivity index (χ1v) is 6.98. The van der Waals surface area contributed by atoms with Crippen molar-refractivity contribution in [2.45, 2.75) is 0 Å². The van der Waals surface area contributed by atoms with Gasteiger partial charge in [0.15, 0.2) is 11.6 Å². The third-order valence-corrected chi connectivity index (χ3v) is 2.88. The van der Waals surface area contributed by atoms with Crippen LogP contribution in [0, 0.1) is 5.82 Å². The van der Waals surface area contributed by atoms with Gasteiger partial charge in [0, 0.05) is 6.08 Å². The number of nitrogens with one attached hydrogen (secondary N) is 1. The van der Waals surface area contributed by atoms with Crippen molar-refractivity contribution < 1.29 is 18.3 Å². The summed E-state index contributed by atoms with van der Waals surface area (Å²) < 4.78 is 23.8. The largest absolute Gasteiger partial charge is 0.465 e. The number of nitrogens with zero attached hydrogens (tertiary/aromatic N) is 2. The topological polar surface area (TPSA) is 77.2 Å². The van der Waals surface area contributed by atoms with Gasteiger partial charge in [-0.05, 0) is 30.3 Å². The van der Waals surface area contributed by atoms with Crippen LogP contribution in [0.2, 0.25) is 0 Å². The van der Waals surface area contributed by atoms with Crippen molar-refractivity contribution in [3.05, 3.63) is 72.7 Å². The normalized spacial score (nSPS) is 10.7. The van der Waals surface area contributed by atoms with Crippen LogP contribution in [0.1, 0.15) is 5.76 Å². The molecule has 0 radical (unpaired) electrons. The lowest BCUT2D eigenvalue weighted by molar-refractivity contribution is -0.111. The highest BCUT2D eigenvalue weighted by molar-refractivity contribution is 6.01. The second-order valence-corrected chi connectivity index (χ2v) is 4.62. The van der Waals surface area contributed by atoms with Gasteiger partial charge in [0.2, 0.25) is 5.91 Å². The number of anilines is 1. The summed E-state index contributed by atoms with van der Waals surface area (Å²) in [5.41, 5.74) is 0.380. The number of furan rings is 1. The number of aromatic nitrogens is 2. The quantitative estimate of drug-likeness (QED) is 0.725. The summed E-state index contributed by atoms with van der Waals surface area (Å²) in [4.78, 5) is 19.6. The lowest BCUT2D eigenvalue weighted by atomic mass is 10.3. The molecule has 120 valence electrons. The lowest BCUT2D eigenvalue weighted by Crippen LogP contribution is -2.08. The van der Waals surface area contributed by atoms with Gasteiger partial charge in [0.1, 0.15) is 5.76 Å². The molecule has 2 aromatic heterocycles. The molecule has 0 spiro atoms. The summed E-state index contributed by atoms with van der Waals surface area (Å²) >= 11 is 0. The molecule has 1 N–H and O–H groups in total. The van der Waals surface area contributed by atoms with Crippen molar-refractivity contribution in [3.63, 3.8) is 0 Å². The Balaban J connectivity index is 1.60. The molecule has 3 aromatic rings. The highest BCUT2D eigenvalue weighted by Crippen LogP contribution is 2.21. The second kappa shape index (κ2) is 7.19. The Morgan fingerprint density at radius 1 is 1.17 bits per heavy atom. The summed E-state index contributed by atoms with van der Waals surface area (Å²) in [6.07, 6.45) is 7.10. The van der Waals surface area contributed by atoms with Gasteiger partial charge >= 0.3 is 6.01 Å². The molecule has 0 aliphatic heterocycles. The van der Waals surface area contributed by atoms with Gasteiger partial charge in [-0.2, -0.15) is 0 Å². The third kappa shape index (κ3) is 4.04. The van der Waals surface area contributed by atoms with E-state index in [4.69, 9.17) is 9.15 Å². The van der Waals surface area contributed by atoms with Gasteiger partial charge in [-0.3, -0.25) is 4.79 Å². The molecule has 1 amide bonds. The summed E-state index contributed by atoms with van der Waals surface area (Å²) in [6, 6.07) is 9.35. The Kier molecular flexibility index (Phi) is 4.62. The van der Waals surface area contributed by atoms with Crippen molar-refractivity contribution in [2.75, 3.05) is 5.32 Å². The molecule has 6 nitrogen and oxygen atoms in total. The van der Waals surface area contributed by atoms with E-state index >= 15 is 0 Å². The smallest absolute Gasteiger partial charge is 0.322 e. The molecule has 1 aromatic carbocycles. The molecule has 24 heavy (non-hydrogen) atoms. The highest BCUT2D eigenvalue weighted by atomic mass is 19.1. The average Bonchev–Trinajstić information content (AvgIpc) is 3.10. The molecule has 3 rings (SSSR count). The summed E-state index contributed by atoms with van der Waals surface area (Å²) in [7, 11) is 0. The number of halogens is 1. The van der Waals surface area contributed by atoms with Crippen molar-refractivity contribution >= 4 is 17.7 Å². The Morgan fingerprint density at radius 2 is 1.96 bits per heavy atom. The molecule has 0 atom stereocenters. The minimum atomic E-state index is -0.512. The van der Waals surface area contributed by atoms with E-state index in [1.807, 2.05) is 0 Å². The number of carbonyl (C=O) groups excluding carboxylic acids is 1. The maximum atomic E-state index is 13.5. The summed E-state index contributed by atoms with van der Waals surface area (Å²) in [5.74, 6) is -0.287. The summed E-state index contributed by atoms with van der Waals surface area (Å²) in [5, 5.41) is 2.58. The van der Waals surface area contributed by atoms with Gasteiger partial charge in [-0.25, -0.2) is 14.4 Å². The first-order chi connectivity index (χ1) is 11.7. The number of benzene rings is 1. The minimum absolute atomic E-state index is 0.0238. The van der Waals surface area contributed by atoms with Crippen molar-refractivity contribution in [1.82, 2.24) is 9.97 Å². The van der Waals surface area contributed by atoms with E-state index in [1.54, 1.807) is 24.3 Å². The van der Waals surface area contributed by atoms with Crippen LogP contribution < -0.4 is 10.1 Å². The predicted octanol–water partition coefficient (Wildman–Crippen LogP) is 3.65. The molecule has 0 aliphatic carbocycles. The fraction of sp³-hybridized carbons (Fsp3) is 0. The standard InChI is InChI=1S/C17H12FN3O3/c18-14-5-1-2-6-15(14)24-17-19-10-12(11-20-17)21-16(22)8-7-13-4-3-9-23-13/h1-11H,(H,21,22)/b8-7+. The van der Waals surface area contributed by atoms with Crippen LogP contribution in [-0.4, -0.2) is 15.9 Å². The van der Waals surface area contributed by atoms with Gasteiger partial charge in [0.05, 0.1) is 24.3 Å². The number of hydrogen-bond acceptors (Lipinski definition) is 5. The number of carbonyl (C=O) groups is 1. The van der Waals surface area contributed by atoms with Gasteiger partial charge < -0.3 is 14.5 Å². The Morgan fingerprint density at radius 3 is 2.67 bits per heavy atom. The van der Waals surface area contributed by atoms with Crippen LogP contribution in [0.3, 0.4) is 0 Å². The van der Waals surface area contributed by atoms with Gasteiger partial charge in [0.25, 0.3) is 0 Å². The monoisotopic (exact) mass is 325 g/mol. The van der Waals surface area contributed by atoms with E-state index in [9.17, 15) is 9.18 Å². The molecule has 0 aliphatic rings. The van der Waals surface area contributed by atoms with E-state index in [1.165, 1.54) is 42.9 Å². The molecule has 2 heterocycles. The van der Waals surface area contributed by atoms with Gasteiger partial charge in [-0.15, -0.1) is 0 Å². The molecule has 0 saturated carbocycles. The first kappa shape index (κ1) is 15.4. The van der Waals surface area contributed by atoms with Crippen LogP contribution in [0.4, 0.5) is 10.1 Å². The first-order valence-electron chi connectivity index (χ1n) is 6.98. The van der Waals surface area contributed by atoms with Gasteiger partial charge in [-0.1, -0.05) is 12.1 Å². The van der Waals surface area contributed by atoms with E-state index < -0.39 is 5.82 Å². The zero-order chi connectivity index (χ0) is 16.8. The second-order valence-electron chi connectivity index (χ2n) is 4.62. The van der Waals surface area contributed by atoms with Crippen molar-refractivity contribution in [2.24, 2.45) is 0 Å². The molecule has 7 heteroatoms. The number of rotatable bonds is 5. The number of amides is 1. The van der Waals surface area contributed by atoms with Crippen LogP contribution in [0.25, 0.3) is 6.08 Å². The van der Waals surface area contributed by atoms with Crippen LogP contribution >= 0.6 is 0 Å². The molecular weight excluding hydrogens is 313 g/mol. The van der Waals surface area contributed by atoms with Crippen LogP contribution in [0.5, 0.6) is 11.8 Å². The highest BCUT2D eigenvalue weighted by Gasteiger charge is 2.06. The molecule has 0 unspecified atom stereocenters. The maximum Gasteiger partial charge on any atom is 0.322 e. The lowest BCUT2D eigenvalue weighted by Gasteiger charge is -2.05. The zero-order valence-electron chi connectivity index (χ0n) is 12.3. The number of ether oxygens (including phenoxy) is 1. The van der Waals surface area contributed by atoms with E-state index in [0.29, 0.717) is 11.4 Å². The van der Waals surface area contributed by atoms with Crippen molar-refractivity contribution in [3.8, 4) is 11.8 Å². The van der Waals surface area contributed by atoms with Crippen LogP contribution in [-0.2, 0) is 4.79 Å². The van der Waals surface area contributed by atoms with E-state index in [-0.39, 0.29) is 17.7 Å². The number of para-hydroxylation sites is 1. The fourth-order valence-corrected chi connectivity index (χ4v) is 1.79. The zero-order valence-corrected chi connectivity index (χ0v) is 12.3. The summed E-state index contributed by atoms with van der Waals surface area (Å²) in [6.45, 7) is 0. The average molecular weight is 325 g/mol. The van der Waals surface area contributed by atoms with Crippen molar-refractivity contribution in [1.29, 1.82) is 0 Å². The Hall–Kier alpha value is -3.48. The SMILES string of the molecule is O=C(/C=C/c1ccco1)Nc1cnc(Oc2ccccc2F)nc1. The Labute approximate surface area is 136 Å². The fourth-order valence-electron chi connectivity index (χ4n) is 1.79. The van der Waals surface area contributed by atoms with Crippen LogP contribution in [0.15, 0.2) is 65.5 Å². The van der Waals surface area contributed by atoms with E-state index in [0.717, 1.165) is 0 Å². The minimum Gasteiger partial charge on any atom is -0.465 e. The van der Waals surface area contributed by atoms with E-state index in [2.05, 4.69) is 15.3 Å². The molecule has 0 bridgehead atoms. The molecular formula is C17H12FN3O3.